The number of carbonyl (C=O) groups is 2. The van der Waals surface area contributed by atoms with Crippen LogP contribution in [0.15, 0.2) is 66.9 Å². The number of ether oxygens (including phenoxy) is 2. The van der Waals surface area contributed by atoms with Crippen molar-refractivity contribution < 1.29 is 19.1 Å². The lowest BCUT2D eigenvalue weighted by Crippen LogP contribution is -2.09. The van der Waals surface area contributed by atoms with Crippen LogP contribution in [-0.4, -0.2) is 16.3 Å². The Labute approximate surface area is 151 Å². The predicted octanol–water partition coefficient (Wildman–Crippen LogP) is 4.38. The monoisotopic (exact) mass is 349 g/mol. The van der Waals surface area contributed by atoms with Crippen molar-refractivity contribution in [3.8, 4) is 11.5 Å². The fourth-order valence-corrected chi connectivity index (χ4v) is 2.52. The number of carbonyl (C=O) groups excluding carboxylic acids is 2. The highest BCUT2D eigenvalue weighted by Crippen LogP contribution is 2.25. The van der Waals surface area contributed by atoms with E-state index in [2.05, 4.69) is 0 Å². The highest BCUT2D eigenvalue weighted by Gasteiger charge is 2.16. The zero-order valence-corrected chi connectivity index (χ0v) is 14.6. The Balaban J connectivity index is 1.72. The van der Waals surface area contributed by atoms with Crippen molar-refractivity contribution in [2.45, 2.75) is 13.5 Å². The maximum Gasteiger partial charge on any atom is 0.355 e. The van der Waals surface area contributed by atoms with Gasteiger partial charge in [-0.2, -0.15) is 0 Å². The fourth-order valence-electron chi connectivity index (χ4n) is 2.52. The number of aromatic nitrogens is 1. The van der Waals surface area contributed by atoms with Crippen LogP contribution in [0.5, 0.6) is 11.5 Å². The van der Waals surface area contributed by atoms with E-state index >= 15 is 0 Å². The van der Waals surface area contributed by atoms with E-state index in [0.29, 0.717) is 22.8 Å². The molecule has 26 heavy (non-hydrogen) atoms. The van der Waals surface area contributed by atoms with Gasteiger partial charge in [-0.15, -0.1) is 0 Å². The van der Waals surface area contributed by atoms with Gasteiger partial charge in [0.25, 0.3) is 0 Å². The summed E-state index contributed by atoms with van der Waals surface area (Å²) in [5.74, 6) is 0.749. The van der Waals surface area contributed by atoms with Crippen molar-refractivity contribution >= 4 is 11.8 Å². The predicted molar refractivity (Wildman–Crippen MR) is 97.5 cm³/mol. The summed E-state index contributed by atoms with van der Waals surface area (Å²) in [6.45, 7) is 1.53. The Morgan fingerprint density at radius 1 is 1.00 bits per heavy atom. The van der Waals surface area contributed by atoms with Gasteiger partial charge in [-0.05, 0) is 31.2 Å². The number of esters is 1. The van der Waals surface area contributed by atoms with Gasteiger partial charge < -0.3 is 14.0 Å². The first-order valence-electron chi connectivity index (χ1n) is 8.20. The fraction of sp³-hybridized carbons (Fsp3) is 0.143. The molecule has 0 spiro atoms. The van der Waals surface area contributed by atoms with E-state index in [9.17, 15) is 9.59 Å². The van der Waals surface area contributed by atoms with Crippen LogP contribution in [0, 0.1) is 0 Å². The lowest BCUT2D eigenvalue weighted by molar-refractivity contribution is 0.0459. The van der Waals surface area contributed by atoms with E-state index in [1.165, 1.54) is 13.0 Å². The quantitative estimate of drug-likeness (QED) is 0.489. The summed E-state index contributed by atoms with van der Waals surface area (Å²) in [7, 11) is 1.70. The molecular formula is C21H19NO4. The smallest absolute Gasteiger partial charge is 0.355 e. The van der Waals surface area contributed by atoms with Crippen molar-refractivity contribution in [1.29, 1.82) is 0 Å². The molecule has 0 N–H and O–H groups in total. The average molecular weight is 349 g/mol. The average Bonchev–Trinajstić information content (AvgIpc) is 3.04. The summed E-state index contributed by atoms with van der Waals surface area (Å²) < 4.78 is 12.9. The minimum Gasteiger partial charge on any atom is -0.457 e. The second-order valence-corrected chi connectivity index (χ2v) is 5.88. The number of nitrogens with zero attached hydrogens (tertiary/aromatic N) is 1. The third-order valence-corrected chi connectivity index (χ3v) is 3.92. The molecule has 0 bridgehead atoms. The molecule has 0 radical (unpaired) electrons. The SMILES string of the molecule is CC(=O)c1cc(C(=O)OCc2ccccc2Oc2ccccc2)n(C)c1. The number of para-hydroxylation sites is 2. The molecule has 1 aromatic heterocycles. The van der Waals surface area contributed by atoms with Crippen molar-refractivity contribution in [3.63, 3.8) is 0 Å². The summed E-state index contributed by atoms with van der Waals surface area (Å²) in [6.07, 6.45) is 1.62. The van der Waals surface area contributed by atoms with Crippen molar-refractivity contribution in [3.05, 3.63) is 83.7 Å². The number of rotatable bonds is 6. The van der Waals surface area contributed by atoms with Gasteiger partial charge in [0, 0.05) is 24.4 Å². The minimum atomic E-state index is -0.491. The summed E-state index contributed by atoms with van der Waals surface area (Å²) in [5.41, 5.74) is 1.56. The Bertz CT molecular complexity index is 928. The van der Waals surface area contributed by atoms with Crippen LogP contribution in [0.3, 0.4) is 0 Å². The van der Waals surface area contributed by atoms with E-state index in [-0.39, 0.29) is 12.4 Å². The van der Waals surface area contributed by atoms with Crippen molar-refractivity contribution in [1.82, 2.24) is 4.57 Å². The maximum atomic E-state index is 12.3. The van der Waals surface area contributed by atoms with Crippen LogP contribution in [0.1, 0.15) is 33.3 Å². The molecular weight excluding hydrogens is 330 g/mol. The molecule has 0 unspecified atom stereocenters. The third kappa shape index (κ3) is 4.00. The molecule has 0 atom stereocenters. The Hall–Kier alpha value is -3.34. The molecule has 2 aromatic carbocycles. The minimum absolute atomic E-state index is 0.0719. The molecule has 132 valence electrons. The Kier molecular flexibility index (Phi) is 5.17. The van der Waals surface area contributed by atoms with Gasteiger partial charge >= 0.3 is 5.97 Å². The number of ketones is 1. The molecule has 0 saturated carbocycles. The first kappa shape index (κ1) is 17.5. The normalized spacial score (nSPS) is 10.4. The molecule has 0 aliphatic rings. The molecule has 3 rings (SSSR count). The van der Waals surface area contributed by atoms with Crippen LogP contribution in [0.25, 0.3) is 0 Å². The first-order valence-corrected chi connectivity index (χ1v) is 8.20. The summed E-state index contributed by atoms with van der Waals surface area (Å²) in [4.78, 5) is 23.8. The largest absolute Gasteiger partial charge is 0.457 e. The number of benzene rings is 2. The maximum absolute atomic E-state index is 12.3. The lowest BCUT2D eigenvalue weighted by Gasteiger charge is -2.11. The van der Waals surface area contributed by atoms with Gasteiger partial charge in [0.05, 0.1) is 0 Å². The van der Waals surface area contributed by atoms with E-state index in [4.69, 9.17) is 9.47 Å². The van der Waals surface area contributed by atoms with Crippen LogP contribution in [-0.2, 0) is 18.4 Å². The van der Waals surface area contributed by atoms with Crippen LogP contribution in [0.2, 0.25) is 0 Å². The number of aryl methyl sites for hydroxylation is 1. The van der Waals surface area contributed by atoms with Gasteiger partial charge in [-0.25, -0.2) is 4.79 Å². The lowest BCUT2D eigenvalue weighted by atomic mass is 10.2. The topological polar surface area (TPSA) is 57.5 Å². The van der Waals surface area contributed by atoms with Gasteiger partial charge in [-0.3, -0.25) is 4.79 Å². The van der Waals surface area contributed by atoms with E-state index in [0.717, 1.165) is 5.56 Å². The Morgan fingerprint density at radius 2 is 1.69 bits per heavy atom. The highest BCUT2D eigenvalue weighted by atomic mass is 16.5. The molecule has 0 aliphatic heterocycles. The van der Waals surface area contributed by atoms with Gasteiger partial charge in [-0.1, -0.05) is 36.4 Å². The zero-order valence-electron chi connectivity index (χ0n) is 14.6. The molecule has 0 saturated heterocycles. The van der Waals surface area contributed by atoms with Gasteiger partial charge in [0.1, 0.15) is 23.8 Å². The first-order chi connectivity index (χ1) is 12.5. The van der Waals surface area contributed by atoms with Crippen LogP contribution >= 0.6 is 0 Å². The molecule has 0 aliphatic carbocycles. The van der Waals surface area contributed by atoms with Gasteiger partial charge in [0.15, 0.2) is 5.78 Å². The Morgan fingerprint density at radius 3 is 2.38 bits per heavy atom. The summed E-state index contributed by atoms with van der Waals surface area (Å²) >= 11 is 0. The molecule has 0 fully saturated rings. The van der Waals surface area contributed by atoms with Crippen molar-refractivity contribution in [2.75, 3.05) is 0 Å². The number of hydrogen-bond donors (Lipinski definition) is 0. The van der Waals surface area contributed by atoms with E-state index < -0.39 is 5.97 Å². The van der Waals surface area contributed by atoms with E-state index in [1.807, 2.05) is 54.6 Å². The number of hydrogen-bond acceptors (Lipinski definition) is 4. The zero-order chi connectivity index (χ0) is 18.5. The molecule has 5 heteroatoms. The highest BCUT2D eigenvalue weighted by molar-refractivity contribution is 5.97. The summed E-state index contributed by atoms with van der Waals surface area (Å²) in [5, 5.41) is 0. The molecule has 1 heterocycles. The van der Waals surface area contributed by atoms with Crippen LogP contribution < -0.4 is 4.74 Å². The van der Waals surface area contributed by atoms with Gasteiger partial charge in [0.2, 0.25) is 0 Å². The second kappa shape index (κ2) is 7.70. The summed E-state index contributed by atoms with van der Waals surface area (Å²) in [6, 6.07) is 18.3. The standard InChI is InChI=1S/C21H19NO4/c1-15(23)17-12-19(22(2)13-17)21(24)25-14-16-8-6-7-11-20(16)26-18-9-4-3-5-10-18/h3-13H,14H2,1-2H3. The van der Waals surface area contributed by atoms with Crippen LogP contribution in [0.4, 0.5) is 0 Å². The third-order valence-electron chi connectivity index (χ3n) is 3.92. The van der Waals surface area contributed by atoms with E-state index in [1.54, 1.807) is 17.8 Å². The molecule has 3 aromatic rings. The van der Waals surface area contributed by atoms with Crippen molar-refractivity contribution in [2.24, 2.45) is 7.05 Å². The molecule has 5 nitrogen and oxygen atoms in total. The second-order valence-electron chi connectivity index (χ2n) is 5.88. The molecule has 0 amide bonds. The number of Topliss-reactive ketones (excluding diaryl/α,β-unsaturated/α-hetero) is 1.